The quantitative estimate of drug-likeness (QED) is 0.894. The Balaban J connectivity index is 1.57. The minimum atomic E-state index is -0.449. The summed E-state index contributed by atoms with van der Waals surface area (Å²) in [4.78, 5) is 29.8. The highest BCUT2D eigenvalue weighted by atomic mass is 16.5. The molecule has 0 aliphatic carbocycles. The zero-order valence-electron chi connectivity index (χ0n) is 15.1. The van der Waals surface area contributed by atoms with Gasteiger partial charge in [-0.05, 0) is 31.7 Å². The fraction of sp³-hybridized carbons (Fsp3) is 0.500. The third-order valence-electron chi connectivity index (χ3n) is 5.27. The molecule has 0 unspecified atom stereocenters. The Morgan fingerprint density at radius 2 is 2.12 bits per heavy atom. The maximum absolute atomic E-state index is 12.1. The third-order valence-corrected chi connectivity index (χ3v) is 5.27. The van der Waals surface area contributed by atoms with Crippen LogP contribution in [-0.4, -0.2) is 66.2 Å². The van der Waals surface area contributed by atoms with Gasteiger partial charge in [0.2, 0.25) is 5.91 Å². The molecular formula is C18H23N5O3. The minimum absolute atomic E-state index is 0.260. The van der Waals surface area contributed by atoms with Gasteiger partial charge >= 0.3 is 6.03 Å². The molecule has 1 N–H and O–H groups in total. The fourth-order valence-electron chi connectivity index (χ4n) is 3.56. The van der Waals surface area contributed by atoms with Gasteiger partial charge in [0.05, 0.1) is 5.39 Å². The number of piperazine rings is 1. The van der Waals surface area contributed by atoms with Crippen LogP contribution in [0.4, 0.5) is 10.6 Å². The van der Waals surface area contributed by atoms with Gasteiger partial charge in [-0.15, -0.1) is 0 Å². The number of nitrogens with zero attached hydrogens (tertiary/aromatic N) is 4. The number of benzene rings is 1. The largest absolute Gasteiger partial charge is 0.354 e. The molecule has 2 fully saturated rings. The van der Waals surface area contributed by atoms with Crippen molar-refractivity contribution in [2.75, 3.05) is 38.1 Å². The Bertz CT molecular complexity index is 848. The van der Waals surface area contributed by atoms with Gasteiger partial charge in [-0.25, -0.2) is 4.79 Å². The lowest BCUT2D eigenvalue weighted by molar-refractivity contribution is -0.120. The Morgan fingerprint density at radius 3 is 2.88 bits per heavy atom. The molecular weight excluding hydrogens is 334 g/mol. The van der Waals surface area contributed by atoms with Crippen molar-refractivity contribution >= 4 is 28.7 Å². The van der Waals surface area contributed by atoms with Crippen molar-refractivity contribution in [3.63, 3.8) is 0 Å². The summed E-state index contributed by atoms with van der Waals surface area (Å²) in [5, 5.41) is 7.19. The van der Waals surface area contributed by atoms with Crippen LogP contribution in [0.5, 0.6) is 0 Å². The molecule has 3 heterocycles. The standard InChI is InChI=1S/C18H23N5O3/c1-12-10-22(8-7-21(12)2)11-13-3-4-15-14(9-13)17(20-26-15)23-6-5-16(24)19-18(23)25/h3-4,9,12H,5-8,10-11H2,1-2H3,(H,19,24,25)/t12-/m0/s1. The molecule has 0 spiro atoms. The van der Waals surface area contributed by atoms with Crippen molar-refractivity contribution in [2.45, 2.75) is 25.9 Å². The van der Waals surface area contributed by atoms with Crippen molar-refractivity contribution in [1.29, 1.82) is 0 Å². The average molecular weight is 357 g/mol. The molecule has 4 rings (SSSR count). The van der Waals surface area contributed by atoms with Gasteiger partial charge in [-0.2, -0.15) is 0 Å². The number of rotatable bonds is 3. The number of carbonyl (C=O) groups is 2. The molecule has 8 heteroatoms. The van der Waals surface area contributed by atoms with Gasteiger partial charge in [-0.3, -0.25) is 19.9 Å². The molecule has 0 radical (unpaired) electrons. The van der Waals surface area contributed by atoms with Crippen LogP contribution in [0.3, 0.4) is 0 Å². The molecule has 1 aromatic carbocycles. The van der Waals surface area contributed by atoms with E-state index in [9.17, 15) is 9.59 Å². The summed E-state index contributed by atoms with van der Waals surface area (Å²) in [5.41, 5.74) is 1.80. The van der Waals surface area contributed by atoms with Crippen LogP contribution in [-0.2, 0) is 11.3 Å². The highest BCUT2D eigenvalue weighted by Crippen LogP contribution is 2.28. The Labute approximate surface area is 151 Å². The van der Waals surface area contributed by atoms with Crippen LogP contribution in [0, 0.1) is 0 Å². The zero-order chi connectivity index (χ0) is 18.3. The summed E-state index contributed by atoms with van der Waals surface area (Å²) in [6.45, 7) is 6.53. The van der Waals surface area contributed by atoms with Crippen molar-refractivity contribution in [1.82, 2.24) is 20.3 Å². The van der Waals surface area contributed by atoms with Crippen LogP contribution >= 0.6 is 0 Å². The van der Waals surface area contributed by atoms with Crippen LogP contribution in [0.1, 0.15) is 18.9 Å². The summed E-state index contributed by atoms with van der Waals surface area (Å²) < 4.78 is 5.38. The van der Waals surface area contributed by atoms with E-state index in [2.05, 4.69) is 34.2 Å². The second-order valence-corrected chi connectivity index (χ2v) is 7.16. The van der Waals surface area contributed by atoms with Crippen LogP contribution in [0.25, 0.3) is 11.0 Å². The molecule has 8 nitrogen and oxygen atoms in total. The molecule has 26 heavy (non-hydrogen) atoms. The molecule has 0 saturated carbocycles. The first kappa shape index (κ1) is 17.0. The van der Waals surface area contributed by atoms with Gasteiger partial charge in [0, 0.05) is 45.2 Å². The van der Waals surface area contributed by atoms with E-state index in [1.54, 1.807) is 0 Å². The second kappa shape index (κ2) is 6.69. The molecule has 1 aromatic heterocycles. The van der Waals surface area contributed by atoms with E-state index >= 15 is 0 Å². The molecule has 2 aromatic rings. The number of hydrogen-bond donors (Lipinski definition) is 1. The Kier molecular flexibility index (Phi) is 4.37. The van der Waals surface area contributed by atoms with Gasteiger partial charge in [0.25, 0.3) is 0 Å². The maximum atomic E-state index is 12.1. The van der Waals surface area contributed by atoms with E-state index in [1.165, 1.54) is 4.90 Å². The number of anilines is 1. The maximum Gasteiger partial charge on any atom is 0.329 e. The highest BCUT2D eigenvalue weighted by molar-refractivity contribution is 6.08. The number of likely N-dealkylation sites (N-methyl/N-ethyl adjacent to an activating group) is 1. The second-order valence-electron chi connectivity index (χ2n) is 7.16. The number of fused-ring (bicyclic) bond motifs is 1. The van der Waals surface area contributed by atoms with E-state index in [0.29, 0.717) is 24.0 Å². The molecule has 138 valence electrons. The van der Waals surface area contributed by atoms with Gasteiger partial charge in [0.1, 0.15) is 0 Å². The van der Waals surface area contributed by atoms with E-state index in [0.717, 1.165) is 37.1 Å². The van der Waals surface area contributed by atoms with E-state index < -0.39 is 6.03 Å². The normalized spacial score (nSPS) is 22.8. The molecule has 1 atom stereocenters. The fourth-order valence-corrected chi connectivity index (χ4v) is 3.56. The van der Waals surface area contributed by atoms with Crippen LogP contribution in [0.2, 0.25) is 0 Å². The molecule has 2 aliphatic rings. The first-order chi connectivity index (χ1) is 12.5. The third kappa shape index (κ3) is 3.17. The smallest absolute Gasteiger partial charge is 0.329 e. The number of carbonyl (C=O) groups excluding carboxylic acids is 2. The van der Waals surface area contributed by atoms with Crippen molar-refractivity contribution in [3.05, 3.63) is 23.8 Å². The van der Waals surface area contributed by atoms with E-state index in [-0.39, 0.29) is 12.3 Å². The number of hydrogen-bond acceptors (Lipinski definition) is 6. The van der Waals surface area contributed by atoms with Gasteiger partial charge in [0.15, 0.2) is 11.4 Å². The number of imide groups is 1. The van der Waals surface area contributed by atoms with Crippen molar-refractivity contribution in [2.24, 2.45) is 0 Å². The Morgan fingerprint density at radius 1 is 1.27 bits per heavy atom. The van der Waals surface area contributed by atoms with E-state index in [1.807, 2.05) is 18.2 Å². The topological polar surface area (TPSA) is 81.9 Å². The van der Waals surface area contributed by atoms with Crippen molar-refractivity contribution in [3.8, 4) is 0 Å². The lowest BCUT2D eigenvalue weighted by atomic mass is 10.1. The minimum Gasteiger partial charge on any atom is -0.354 e. The van der Waals surface area contributed by atoms with Crippen LogP contribution in [0.15, 0.2) is 22.7 Å². The number of nitrogens with one attached hydrogen (secondary N) is 1. The Hall–Kier alpha value is -2.45. The highest BCUT2D eigenvalue weighted by Gasteiger charge is 2.28. The summed E-state index contributed by atoms with van der Waals surface area (Å²) in [6.07, 6.45) is 0.263. The number of aromatic nitrogens is 1. The molecule has 3 amide bonds. The number of amides is 3. The predicted octanol–water partition coefficient (Wildman–Crippen LogP) is 1.41. The summed E-state index contributed by atoms with van der Waals surface area (Å²) in [6, 6.07) is 6.06. The monoisotopic (exact) mass is 357 g/mol. The summed E-state index contributed by atoms with van der Waals surface area (Å²) in [5.74, 6) is 0.211. The summed E-state index contributed by atoms with van der Waals surface area (Å²) in [7, 11) is 2.16. The van der Waals surface area contributed by atoms with E-state index in [4.69, 9.17) is 4.52 Å². The first-order valence-corrected chi connectivity index (χ1v) is 8.93. The molecule has 2 aliphatic heterocycles. The van der Waals surface area contributed by atoms with Gasteiger partial charge < -0.3 is 9.42 Å². The number of urea groups is 1. The molecule has 0 bridgehead atoms. The van der Waals surface area contributed by atoms with Crippen molar-refractivity contribution < 1.29 is 14.1 Å². The zero-order valence-corrected chi connectivity index (χ0v) is 15.1. The lowest BCUT2D eigenvalue weighted by Crippen LogP contribution is -2.49. The average Bonchev–Trinajstić information content (AvgIpc) is 3.01. The van der Waals surface area contributed by atoms with Gasteiger partial charge in [-0.1, -0.05) is 11.2 Å². The lowest BCUT2D eigenvalue weighted by Gasteiger charge is -2.37. The van der Waals surface area contributed by atoms with Crippen LogP contribution < -0.4 is 10.2 Å². The molecule has 2 saturated heterocycles. The first-order valence-electron chi connectivity index (χ1n) is 8.93. The summed E-state index contributed by atoms with van der Waals surface area (Å²) >= 11 is 0. The predicted molar refractivity (Wildman–Crippen MR) is 96.9 cm³/mol. The SMILES string of the molecule is C[C@H]1CN(Cc2ccc3onc(N4CCC(=O)NC4=O)c3c2)CCN1C.